The lowest BCUT2D eigenvalue weighted by Crippen LogP contribution is -2.37. The Labute approximate surface area is 118 Å². The van der Waals surface area contributed by atoms with Crippen molar-refractivity contribution in [2.45, 2.75) is 18.9 Å². The van der Waals surface area contributed by atoms with Crippen LogP contribution in [0, 0.1) is 0 Å². The van der Waals surface area contributed by atoms with Crippen LogP contribution in [0.5, 0.6) is 0 Å². The van der Waals surface area contributed by atoms with E-state index in [1.165, 1.54) is 0 Å². The number of fused-ring (bicyclic) bond motifs is 1. The van der Waals surface area contributed by atoms with E-state index in [9.17, 15) is 4.79 Å². The van der Waals surface area contributed by atoms with Crippen molar-refractivity contribution in [3.63, 3.8) is 0 Å². The Morgan fingerprint density at radius 3 is 2.75 bits per heavy atom. The first-order chi connectivity index (χ1) is 9.81. The van der Waals surface area contributed by atoms with Gasteiger partial charge in [-0.2, -0.15) is 0 Å². The van der Waals surface area contributed by atoms with Crippen LogP contribution < -0.4 is 4.90 Å². The van der Waals surface area contributed by atoms with Gasteiger partial charge in [-0.15, -0.1) is 0 Å². The summed E-state index contributed by atoms with van der Waals surface area (Å²) in [4.78, 5) is 18.2. The van der Waals surface area contributed by atoms with Crippen LogP contribution in [-0.2, 0) is 4.74 Å². The van der Waals surface area contributed by atoms with E-state index in [0.29, 0.717) is 11.7 Å². The second kappa shape index (κ2) is 5.59. The Kier molecular flexibility index (Phi) is 3.65. The molecule has 4 nitrogen and oxygen atoms in total. The highest BCUT2D eigenvalue weighted by atomic mass is 16.5. The van der Waals surface area contributed by atoms with E-state index >= 15 is 0 Å². The number of aldehydes is 1. The summed E-state index contributed by atoms with van der Waals surface area (Å²) in [6.45, 7) is 1.76. The minimum atomic E-state index is 0.325. The summed E-state index contributed by atoms with van der Waals surface area (Å²) in [5, 5.41) is 1.00. The zero-order valence-electron chi connectivity index (χ0n) is 11.6. The lowest BCUT2D eigenvalue weighted by atomic mass is 10.1. The summed E-state index contributed by atoms with van der Waals surface area (Å²) in [6, 6.07) is 9.82. The number of hydrogen-bond acceptors (Lipinski definition) is 4. The normalized spacial score (nSPS) is 16.6. The molecule has 0 amide bonds. The molecule has 4 heteroatoms. The molecule has 0 saturated carbocycles. The maximum atomic E-state index is 11.3. The van der Waals surface area contributed by atoms with Gasteiger partial charge in [-0.3, -0.25) is 4.79 Å². The van der Waals surface area contributed by atoms with Crippen LogP contribution >= 0.6 is 0 Å². The third kappa shape index (κ3) is 2.39. The number of rotatable bonds is 3. The van der Waals surface area contributed by atoms with Crippen molar-refractivity contribution in [2.24, 2.45) is 0 Å². The van der Waals surface area contributed by atoms with E-state index in [1.54, 1.807) is 7.11 Å². The largest absolute Gasteiger partial charge is 0.381 e. The zero-order valence-corrected chi connectivity index (χ0v) is 11.6. The van der Waals surface area contributed by atoms with Gasteiger partial charge in [-0.1, -0.05) is 18.2 Å². The third-order valence-electron chi connectivity index (χ3n) is 3.93. The number of aromatic nitrogens is 1. The van der Waals surface area contributed by atoms with Crippen LogP contribution in [0.2, 0.25) is 0 Å². The lowest BCUT2D eigenvalue weighted by Gasteiger charge is -2.32. The number of piperidine rings is 1. The predicted molar refractivity (Wildman–Crippen MR) is 79.4 cm³/mol. The van der Waals surface area contributed by atoms with Gasteiger partial charge in [0.1, 0.15) is 5.82 Å². The molecule has 1 aromatic heterocycles. The molecular formula is C16H18N2O2. The Bertz CT molecular complexity index is 619. The molecule has 3 rings (SSSR count). The minimum absolute atomic E-state index is 0.325. The smallest absolute Gasteiger partial charge is 0.153 e. The molecule has 1 aromatic carbocycles. The molecule has 20 heavy (non-hydrogen) atoms. The van der Waals surface area contributed by atoms with Gasteiger partial charge in [0.2, 0.25) is 0 Å². The van der Waals surface area contributed by atoms with Crippen molar-refractivity contribution in [3.05, 3.63) is 35.9 Å². The van der Waals surface area contributed by atoms with E-state index in [-0.39, 0.29) is 0 Å². The molecule has 0 radical (unpaired) electrons. The van der Waals surface area contributed by atoms with Crippen molar-refractivity contribution < 1.29 is 9.53 Å². The molecule has 0 spiro atoms. The third-order valence-corrected chi connectivity index (χ3v) is 3.93. The molecule has 0 atom stereocenters. The van der Waals surface area contributed by atoms with Gasteiger partial charge in [0.25, 0.3) is 0 Å². The van der Waals surface area contributed by atoms with E-state index < -0.39 is 0 Å². The number of pyridine rings is 1. The van der Waals surface area contributed by atoms with Crippen molar-refractivity contribution in [1.29, 1.82) is 0 Å². The average Bonchev–Trinajstić information content (AvgIpc) is 2.53. The summed E-state index contributed by atoms with van der Waals surface area (Å²) in [5.74, 6) is 0.799. The molecule has 2 aromatic rings. The molecule has 0 bridgehead atoms. The highest BCUT2D eigenvalue weighted by Crippen LogP contribution is 2.25. The molecule has 1 aliphatic rings. The standard InChI is InChI=1S/C16H18N2O2/c1-20-14-6-8-18(9-7-14)16-13(11-19)10-12-4-2-3-5-15(12)17-16/h2-5,10-11,14H,6-9H2,1H3. The van der Waals surface area contributed by atoms with Gasteiger partial charge >= 0.3 is 0 Å². The zero-order chi connectivity index (χ0) is 13.9. The fourth-order valence-corrected chi connectivity index (χ4v) is 2.77. The Balaban J connectivity index is 1.96. The highest BCUT2D eigenvalue weighted by Gasteiger charge is 2.21. The molecule has 0 unspecified atom stereocenters. The van der Waals surface area contributed by atoms with Gasteiger partial charge in [-0.25, -0.2) is 4.98 Å². The van der Waals surface area contributed by atoms with Gasteiger partial charge < -0.3 is 9.64 Å². The van der Waals surface area contributed by atoms with Crippen LogP contribution in [0.15, 0.2) is 30.3 Å². The topological polar surface area (TPSA) is 42.4 Å². The maximum absolute atomic E-state index is 11.3. The number of nitrogens with zero attached hydrogens (tertiary/aromatic N) is 2. The maximum Gasteiger partial charge on any atom is 0.153 e. The molecule has 1 saturated heterocycles. The molecule has 2 heterocycles. The number of hydrogen-bond donors (Lipinski definition) is 0. The first kappa shape index (κ1) is 13.1. The Hall–Kier alpha value is -1.94. The van der Waals surface area contributed by atoms with Gasteiger partial charge in [-0.05, 0) is 25.0 Å². The molecule has 1 fully saturated rings. The number of carbonyl (C=O) groups excluding carboxylic acids is 1. The summed E-state index contributed by atoms with van der Waals surface area (Å²) in [6.07, 6.45) is 3.18. The number of ether oxygens (including phenoxy) is 1. The molecular weight excluding hydrogens is 252 g/mol. The fraction of sp³-hybridized carbons (Fsp3) is 0.375. The second-order valence-corrected chi connectivity index (χ2v) is 5.13. The summed E-state index contributed by atoms with van der Waals surface area (Å²) in [5.41, 5.74) is 1.60. The summed E-state index contributed by atoms with van der Waals surface area (Å²) >= 11 is 0. The second-order valence-electron chi connectivity index (χ2n) is 5.13. The summed E-state index contributed by atoms with van der Waals surface area (Å²) < 4.78 is 5.39. The number of carbonyl (C=O) groups is 1. The van der Waals surface area contributed by atoms with Gasteiger partial charge in [0.15, 0.2) is 6.29 Å². The number of methoxy groups -OCH3 is 1. The fourth-order valence-electron chi connectivity index (χ4n) is 2.77. The first-order valence-electron chi connectivity index (χ1n) is 6.94. The van der Waals surface area contributed by atoms with Crippen LogP contribution in [-0.4, -0.2) is 37.6 Å². The number of anilines is 1. The van der Waals surface area contributed by atoms with Crippen LogP contribution in [0.1, 0.15) is 23.2 Å². The predicted octanol–water partition coefficient (Wildman–Crippen LogP) is 2.66. The van der Waals surface area contributed by atoms with E-state index in [0.717, 1.165) is 48.9 Å². The lowest BCUT2D eigenvalue weighted by molar-refractivity contribution is 0.0818. The van der Waals surface area contributed by atoms with Crippen molar-refractivity contribution >= 4 is 23.0 Å². The Morgan fingerprint density at radius 2 is 2.05 bits per heavy atom. The number of para-hydroxylation sites is 1. The average molecular weight is 270 g/mol. The first-order valence-corrected chi connectivity index (χ1v) is 6.94. The van der Waals surface area contributed by atoms with Crippen LogP contribution in [0.3, 0.4) is 0 Å². The van der Waals surface area contributed by atoms with E-state index in [2.05, 4.69) is 9.88 Å². The van der Waals surface area contributed by atoms with Crippen molar-refractivity contribution in [1.82, 2.24) is 4.98 Å². The van der Waals surface area contributed by atoms with Crippen molar-refractivity contribution in [3.8, 4) is 0 Å². The summed E-state index contributed by atoms with van der Waals surface area (Å²) in [7, 11) is 1.76. The SMILES string of the molecule is COC1CCN(c2nc3ccccc3cc2C=O)CC1. The monoisotopic (exact) mass is 270 g/mol. The van der Waals surface area contributed by atoms with E-state index in [4.69, 9.17) is 4.74 Å². The Morgan fingerprint density at radius 1 is 1.30 bits per heavy atom. The minimum Gasteiger partial charge on any atom is -0.381 e. The molecule has 0 aliphatic carbocycles. The molecule has 0 N–H and O–H groups in total. The molecule has 1 aliphatic heterocycles. The van der Waals surface area contributed by atoms with Crippen LogP contribution in [0.25, 0.3) is 10.9 Å². The van der Waals surface area contributed by atoms with Crippen molar-refractivity contribution in [2.75, 3.05) is 25.1 Å². The van der Waals surface area contributed by atoms with Gasteiger partial charge in [0.05, 0.1) is 17.2 Å². The van der Waals surface area contributed by atoms with E-state index in [1.807, 2.05) is 30.3 Å². The number of benzene rings is 1. The molecule has 104 valence electrons. The highest BCUT2D eigenvalue weighted by molar-refractivity contribution is 5.91. The van der Waals surface area contributed by atoms with Crippen LogP contribution in [0.4, 0.5) is 5.82 Å². The quantitative estimate of drug-likeness (QED) is 0.804. The van der Waals surface area contributed by atoms with Gasteiger partial charge in [0, 0.05) is 25.6 Å².